The van der Waals surface area contributed by atoms with Crippen molar-refractivity contribution in [3.05, 3.63) is 35.6 Å². The van der Waals surface area contributed by atoms with E-state index < -0.39 is 11.9 Å². The largest absolute Gasteiger partial charge is 0.481 e. The van der Waals surface area contributed by atoms with Crippen LogP contribution in [0.5, 0.6) is 0 Å². The number of carboxylic acids is 1. The summed E-state index contributed by atoms with van der Waals surface area (Å²) in [4.78, 5) is 22.7. The Bertz CT molecular complexity index is 472. The van der Waals surface area contributed by atoms with E-state index >= 15 is 0 Å². The fourth-order valence-electron chi connectivity index (χ4n) is 2.38. The molecule has 1 aromatic carbocycles. The van der Waals surface area contributed by atoms with E-state index in [1.54, 1.807) is 12.1 Å². The highest BCUT2D eigenvalue weighted by molar-refractivity contribution is 5.80. The van der Waals surface area contributed by atoms with Crippen LogP contribution in [0.3, 0.4) is 0 Å². The summed E-state index contributed by atoms with van der Waals surface area (Å²) < 4.78 is 12.7. The minimum atomic E-state index is -0.825. The van der Waals surface area contributed by atoms with Crippen LogP contribution in [-0.2, 0) is 16.1 Å². The Labute approximate surface area is 110 Å². The van der Waals surface area contributed by atoms with Gasteiger partial charge in [-0.15, -0.1) is 0 Å². The van der Waals surface area contributed by atoms with Crippen molar-refractivity contribution >= 4 is 11.9 Å². The van der Waals surface area contributed by atoms with Crippen molar-refractivity contribution < 1.29 is 19.1 Å². The van der Waals surface area contributed by atoms with Gasteiger partial charge in [-0.05, 0) is 37.0 Å². The highest BCUT2D eigenvalue weighted by atomic mass is 19.1. The van der Waals surface area contributed by atoms with Gasteiger partial charge in [0.05, 0.1) is 5.92 Å². The molecule has 0 aromatic heterocycles. The number of carbonyl (C=O) groups is 2. The standard InChI is InChI=1S/C14H16FNO3/c15-12-5-1-9(2-6-12)8-16-13(17)10-3-4-11(7-10)14(18)19/h1-2,5-6,10-11H,3-4,7-8H2,(H,16,17)(H,18,19)/t10-,11+/m1/s1. The normalized spacial score (nSPS) is 22.2. The number of benzene rings is 1. The van der Waals surface area contributed by atoms with E-state index in [4.69, 9.17) is 5.11 Å². The first-order valence-electron chi connectivity index (χ1n) is 6.31. The van der Waals surface area contributed by atoms with Gasteiger partial charge in [0.25, 0.3) is 0 Å². The lowest BCUT2D eigenvalue weighted by Crippen LogP contribution is -2.29. The predicted molar refractivity (Wildman–Crippen MR) is 66.7 cm³/mol. The third-order valence-corrected chi connectivity index (χ3v) is 3.53. The highest BCUT2D eigenvalue weighted by Gasteiger charge is 2.33. The molecule has 4 nitrogen and oxygen atoms in total. The lowest BCUT2D eigenvalue weighted by Gasteiger charge is -2.10. The summed E-state index contributed by atoms with van der Waals surface area (Å²) in [6.45, 7) is 0.341. The third-order valence-electron chi connectivity index (χ3n) is 3.53. The Hall–Kier alpha value is -1.91. The molecule has 2 rings (SSSR count). The number of rotatable bonds is 4. The van der Waals surface area contributed by atoms with Gasteiger partial charge in [-0.1, -0.05) is 12.1 Å². The lowest BCUT2D eigenvalue weighted by molar-refractivity contribution is -0.141. The van der Waals surface area contributed by atoms with Gasteiger partial charge in [0, 0.05) is 12.5 Å². The molecule has 1 aliphatic rings. The zero-order valence-corrected chi connectivity index (χ0v) is 10.4. The second-order valence-electron chi connectivity index (χ2n) is 4.89. The van der Waals surface area contributed by atoms with Crippen LogP contribution in [0.1, 0.15) is 24.8 Å². The number of carboxylic acid groups (broad SMARTS) is 1. The third kappa shape index (κ3) is 3.53. The molecule has 0 unspecified atom stereocenters. The van der Waals surface area contributed by atoms with E-state index in [0.29, 0.717) is 25.8 Å². The van der Waals surface area contributed by atoms with Gasteiger partial charge in [-0.3, -0.25) is 9.59 Å². The van der Waals surface area contributed by atoms with Crippen LogP contribution in [-0.4, -0.2) is 17.0 Å². The summed E-state index contributed by atoms with van der Waals surface area (Å²) in [5.74, 6) is -1.87. The van der Waals surface area contributed by atoms with E-state index in [-0.39, 0.29) is 17.6 Å². The zero-order chi connectivity index (χ0) is 13.8. The summed E-state index contributed by atoms with van der Waals surface area (Å²) in [7, 11) is 0. The molecule has 5 heteroatoms. The van der Waals surface area contributed by atoms with E-state index in [2.05, 4.69) is 5.32 Å². The second kappa shape index (κ2) is 5.82. The smallest absolute Gasteiger partial charge is 0.306 e. The Kier molecular flexibility index (Phi) is 4.14. The molecule has 0 aliphatic heterocycles. The minimum Gasteiger partial charge on any atom is -0.481 e. The summed E-state index contributed by atoms with van der Waals surface area (Å²) in [6.07, 6.45) is 1.58. The average molecular weight is 265 g/mol. The number of nitrogens with one attached hydrogen (secondary N) is 1. The molecule has 2 atom stereocenters. The SMILES string of the molecule is O=C(O)[C@H]1CC[C@@H](C(=O)NCc2ccc(F)cc2)C1. The van der Waals surface area contributed by atoms with Crippen LogP contribution in [0.4, 0.5) is 4.39 Å². The van der Waals surface area contributed by atoms with Crippen LogP contribution < -0.4 is 5.32 Å². The number of amides is 1. The van der Waals surface area contributed by atoms with Crippen molar-refractivity contribution in [1.82, 2.24) is 5.32 Å². The van der Waals surface area contributed by atoms with Gasteiger partial charge in [-0.25, -0.2) is 4.39 Å². The molecule has 0 saturated heterocycles. The Morgan fingerprint density at radius 2 is 1.84 bits per heavy atom. The van der Waals surface area contributed by atoms with Crippen molar-refractivity contribution in [3.63, 3.8) is 0 Å². The first-order valence-corrected chi connectivity index (χ1v) is 6.31. The maximum atomic E-state index is 12.7. The number of aliphatic carboxylic acids is 1. The summed E-state index contributed by atoms with van der Waals surface area (Å²) >= 11 is 0. The van der Waals surface area contributed by atoms with Crippen molar-refractivity contribution in [2.75, 3.05) is 0 Å². The first-order chi connectivity index (χ1) is 9.06. The van der Waals surface area contributed by atoms with E-state index in [1.807, 2.05) is 0 Å². The molecular formula is C14H16FNO3. The highest BCUT2D eigenvalue weighted by Crippen LogP contribution is 2.31. The fourth-order valence-corrected chi connectivity index (χ4v) is 2.38. The minimum absolute atomic E-state index is 0.118. The van der Waals surface area contributed by atoms with E-state index in [1.165, 1.54) is 12.1 Å². The van der Waals surface area contributed by atoms with Crippen LogP contribution in [0.25, 0.3) is 0 Å². The van der Waals surface area contributed by atoms with Crippen LogP contribution in [0.15, 0.2) is 24.3 Å². The van der Waals surface area contributed by atoms with Crippen molar-refractivity contribution in [3.8, 4) is 0 Å². The summed E-state index contributed by atoms with van der Waals surface area (Å²) in [5.41, 5.74) is 0.822. The molecular weight excluding hydrogens is 249 g/mol. The summed E-state index contributed by atoms with van der Waals surface area (Å²) in [5, 5.41) is 11.6. The molecule has 102 valence electrons. The van der Waals surface area contributed by atoms with Crippen LogP contribution in [0, 0.1) is 17.7 Å². The quantitative estimate of drug-likeness (QED) is 0.874. The fraction of sp³-hybridized carbons (Fsp3) is 0.429. The Morgan fingerprint density at radius 1 is 1.21 bits per heavy atom. The molecule has 0 bridgehead atoms. The molecule has 1 saturated carbocycles. The number of hydrogen-bond donors (Lipinski definition) is 2. The average Bonchev–Trinajstić information content (AvgIpc) is 2.87. The van der Waals surface area contributed by atoms with Crippen LogP contribution in [0.2, 0.25) is 0 Å². The predicted octanol–water partition coefficient (Wildman–Crippen LogP) is 1.94. The molecule has 1 aromatic rings. The molecule has 2 N–H and O–H groups in total. The van der Waals surface area contributed by atoms with Gasteiger partial charge in [0.1, 0.15) is 5.82 Å². The van der Waals surface area contributed by atoms with Crippen molar-refractivity contribution in [2.24, 2.45) is 11.8 Å². The molecule has 0 spiro atoms. The molecule has 19 heavy (non-hydrogen) atoms. The summed E-state index contributed by atoms with van der Waals surface area (Å²) in [6, 6.07) is 5.92. The molecule has 1 amide bonds. The molecule has 1 aliphatic carbocycles. The van der Waals surface area contributed by atoms with Gasteiger partial charge in [0.15, 0.2) is 0 Å². The van der Waals surface area contributed by atoms with Gasteiger partial charge in [-0.2, -0.15) is 0 Å². The van der Waals surface area contributed by atoms with Crippen LogP contribution >= 0.6 is 0 Å². The maximum absolute atomic E-state index is 12.7. The molecule has 0 radical (unpaired) electrons. The number of carbonyl (C=O) groups excluding carboxylic acids is 1. The number of hydrogen-bond acceptors (Lipinski definition) is 2. The topological polar surface area (TPSA) is 66.4 Å². The van der Waals surface area contributed by atoms with Gasteiger partial charge in [0.2, 0.25) is 5.91 Å². The van der Waals surface area contributed by atoms with Gasteiger partial charge < -0.3 is 10.4 Å². The van der Waals surface area contributed by atoms with Gasteiger partial charge >= 0.3 is 5.97 Å². The zero-order valence-electron chi connectivity index (χ0n) is 10.4. The monoisotopic (exact) mass is 265 g/mol. The molecule has 0 heterocycles. The lowest BCUT2D eigenvalue weighted by atomic mass is 10.0. The van der Waals surface area contributed by atoms with E-state index in [0.717, 1.165) is 5.56 Å². The Balaban J connectivity index is 1.82. The first kappa shape index (κ1) is 13.5. The number of halogens is 1. The van der Waals surface area contributed by atoms with Crippen molar-refractivity contribution in [1.29, 1.82) is 0 Å². The second-order valence-corrected chi connectivity index (χ2v) is 4.89. The molecule has 1 fully saturated rings. The van der Waals surface area contributed by atoms with Crippen molar-refractivity contribution in [2.45, 2.75) is 25.8 Å². The van der Waals surface area contributed by atoms with E-state index in [9.17, 15) is 14.0 Å². The maximum Gasteiger partial charge on any atom is 0.306 e. The Morgan fingerprint density at radius 3 is 2.42 bits per heavy atom.